The second-order valence-electron chi connectivity index (χ2n) is 4.56. The number of ether oxygens (including phenoxy) is 1. The summed E-state index contributed by atoms with van der Waals surface area (Å²) in [6.07, 6.45) is 0.958. The summed E-state index contributed by atoms with van der Waals surface area (Å²) in [7, 11) is 0. The monoisotopic (exact) mass is 279 g/mol. The number of benzene rings is 1. The first-order valence-corrected chi connectivity index (χ1v) is 6.48. The molecule has 1 aromatic carbocycles. The molecule has 1 aromatic heterocycles. The van der Waals surface area contributed by atoms with Crippen LogP contribution >= 0.6 is 0 Å². The molecule has 0 aliphatic rings. The molecule has 0 amide bonds. The Morgan fingerprint density at radius 1 is 1.30 bits per heavy atom. The third-order valence-electron chi connectivity index (χ3n) is 2.89. The van der Waals surface area contributed by atoms with Gasteiger partial charge in [0.25, 0.3) is 0 Å². The molecule has 0 spiro atoms. The SMILES string of the molecule is CC(NCC(O)COc1ccc(F)cc1)c1ccco1. The van der Waals surface area contributed by atoms with Crippen molar-refractivity contribution in [2.24, 2.45) is 0 Å². The van der Waals surface area contributed by atoms with E-state index in [2.05, 4.69) is 5.32 Å². The zero-order valence-electron chi connectivity index (χ0n) is 11.3. The Labute approximate surface area is 117 Å². The fourth-order valence-electron chi connectivity index (χ4n) is 1.73. The van der Waals surface area contributed by atoms with Gasteiger partial charge < -0.3 is 19.6 Å². The molecule has 0 fully saturated rings. The lowest BCUT2D eigenvalue weighted by Crippen LogP contribution is -2.32. The second-order valence-corrected chi connectivity index (χ2v) is 4.56. The maximum Gasteiger partial charge on any atom is 0.123 e. The van der Waals surface area contributed by atoms with Crippen LogP contribution in [0.5, 0.6) is 5.75 Å². The Kier molecular flexibility index (Phi) is 5.15. The van der Waals surface area contributed by atoms with Crippen LogP contribution in [0.2, 0.25) is 0 Å². The summed E-state index contributed by atoms with van der Waals surface area (Å²) in [5.41, 5.74) is 0. The molecule has 20 heavy (non-hydrogen) atoms. The molecule has 2 N–H and O–H groups in total. The van der Waals surface area contributed by atoms with Crippen LogP contribution in [0.1, 0.15) is 18.7 Å². The highest BCUT2D eigenvalue weighted by atomic mass is 19.1. The van der Waals surface area contributed by atoms with E-state index in [1.165, 1.54) is 24.3 Å². The van der Waals surface area contributed by atoms with Crippen molar-refractivity contribution < 1.29 is 18.7 Å². The van der Waals surface area contributed by atoms with Gasteiger partial charge in [0.05, 0.1) is 12.3 Å². The van der Waals surface area contributed by atoms with E-state index >= 15 is 0 Å². The first-order chi connectivity index (χ1) is 9.65. The van der Waals surface area contributed by atoms with Crippen molar-refractivity contribution >= 4 is 0 Å². The number of hydrogen-bond donors (Lipinski definition) is 2. The Morgan fingerprint density at radius 2 is 2.05 bits per heavy atom. The minimum atomic E-state index is -0.655. The molecule has 0 aliphatic carbocycles. The van der Waals surface area contributed by atoms with E-state index in [-0.39, 0.29) is 18.5 Å². The number of aliphatic hydroxyl groups is 1. The van der Waals surface area contributed by atoms with Gasteiger partial charge >= 0.3 is 0 Å². The zero-order chi connectivity index (χ0) is 14.4. The fraction of sp³-hybridized carbons (Fsp3) is 0.333. The second kappa shape index (κ2) is 7.07. The number of hydrogen-bond acceptors (Lipinski definition) is 4. The van der Waals surface area contributed by atoms with Crippen molar-refractivity contribution in [1.29, 1.82) is 0 Å². The molecule has 0 aliphatic heterocycles. The highest BCUT2D eigenvalue weighted by molar-refractivity contribution is 5.22. The lowest BCUT2D eigenvalue weighted by Gasteiger charge is -2.16. The van der Waals surface area contributed by atoms with Gasteiger partial charge in [0.1, 0.15) is 30.0 Å². The van der Waals surface area contributed by atoms with Crippen molar-refractivity contribution in [1.82, 2.24) is 5.32 Å². The van der Waals surface area contributed by atoms with Gasteiger partial charge in [0, 0.05) is 6.54 Å². The van der Waals surface area contributed by atoms with Gasteiger partial charge in [0.2, 0.25) is 0 Å². The van der Waals surface area contributed by atoms with Crippen LogP contribution < -0.4 is 10.1 Å². The Hall–Kier alpha value is -1.85. The van der Waals surface area contributed by atoms with Crippen LogP contribution in [0, 0.1) is 5.82 Å². The van der Waals surface area contributed by atoms with Gasteiger partial charge in [-0.3, -0.25) is 0 Å². The lowest BCUT2D eigenvalue weighted by atomic mass is 10.2. The van der Waals surface area contributed by atoms with E-state index < -0.39 is 6.10 Å². The van der Waals surface area contributed by atoms with Gasteiger partial charge in [-0.05, 0) is 43.3 Å². The molecule has 2 unspecified atom stereocenters. The van der Waals surface area contributed by atoms with Crippen LogP contribution in [0.4, 0.5) is 4.39 Å². The summed E-state index contributed by atoms with van der Waals surface area (Å²) in [4.78, 5) is 0. The van der Waals surface area contributed by atoms with Crippen LogP contribution in [0.3, 0.4) is 0 Å². The summed E-state index contributed by atoms with van der Waals surface area (Å²) >= 11 is 0. The standard InChI is InChI=1S/C15H18FNO3/c1-11(15-3-2-8-19-15)17-9-13(18)10-20-14-6-4-12(16)5-7-14/h2-8,11,13,17-18H,9-10H2,1H3. The highest BCUT2D eigenvalue weighted by Crippen LogP contribution is 2.13. The minimum Gasteiger partial charge on any atom is -0.491 e. The molecule has 0 radical (unpaired) electrons. The number of furan rings is 1. The predicted molar refractivity (Wildman–Crippen MR) is 73.0 cm³/mol. The molecule has 0 saturated heterocycles. The number of nitrogens with one attached hydrogen (secondary N) is 1. The average molecular weight is 279 g/mol. The van der Waals surface area contributed by atoms with Crippen LogP contribution in [-0.4, -0.2) is 24.4 Å². The first-order valence-electron chi connectivity index (χ1n) is 6.48. The highest BCUT2D eigenvalue weighted by Gasteiger charge is 2.11. The van der Waals surface area contributed by atoms with E-state index in [9.17, 15) is 9.50 Å². The summed E-state index contributed by atoms with van der Waals surface area (Å²) in [6.45, 7) is 2.47. The van der Waals surface area contributed by atoms with Gasteiger partial charge in [-0.2, -0.15) is 0 Å². The number of aliphatic hydroxyl groups excluding tert-OH is 1. The lowest BCUT2D eigenvalue weighted by molar-refractivity contribution is 0.103. The Balaban J connectivity index is 1.70. The van der Waals surface area contributed by atoms with E-state index in [0.29, 0.717) is 12.3 Å². The smallest absolute Gasteiger partial charge is 0.123 e. The van der Waals surface area contributed by atoms with E-state index in [4.69, 9.17) is 9.15 Å². The predicted octanol–water partition coefficient (Wildman–Crippen LogP) is 2.51. The van der Waals surface area contributed by atoms with Crippen molar-refractivity contribution in [2.45, 2.75) is 19.1 Å². The van der Waals surface area contributed by atoms with E-state index in [0.717, 1.165) is 5.76 Å². The Morgan fingerprint density at radius 3 is 2.70 bits per heavy atom. The van der Waals surface area contributed by atoms with Gasteiger partial charge in [-0.25, -0.2) is 4.39 Å². The first kappa shape index (κ1) is 14.6. The topological polar surface area (TPSA) is 54.6 Å². The van der Waals surface area contributed by atoms with Crippen LogP contribution in [0.15, 0.2) is 47.1 Å². The summed E-state index contributed by atoms with van der Waals surface area (Å²) in [5, 5.41) is 13.0. The largest absolute Gasteiger partial charge is 0.491 e. The minimum absolute atomic E-state index is 0.0190. The molecule has 4 nitrogen and oxygen atoms in total. The van der Waals surface area contributed by atoms with Crippen molar-refractivity contribution in [3.8, 4) is 5.75 Å². The number of halogens is 1. The van der Waals surface area contributed by atoms with E-state index in [1.807, 2.05) is 19.1 Å². The maximum atomic E-state index is 12.7. The zero-order valence-corrected chi connectivity index (χ0v) is 11.3. The van der Waals surface area contributed by atoms with Crippen LogP contribution in [0.25, 0.3) is 0 Å². The number of rotatable bonds is 7. The normalized spacial score (nSPS) is 13.9. The molecule has 2 aromatic rings. The molecular formula is C15H18FNO3. The fourth-order valence-corrected chi connectivity index (χ4v) is 1.73. The van der Waals surface area contributed by atoms with Crippen molar-refractivity contribution in [3.05, 3.63) is 54.2 Å². The summed E-state index contributed by atoms with van der Waals surface area (Å²) in [5.74, 6) is 1.04. The molecule has 5 heteroatoms. The van der Waals surface area contributed by atoms with E-state index in [1.54, 1.807) is 6.26 Å². The quantitative estimate of drug-likeness (QED) is 0.817. The van der Waals surface area contributed by atoms with Crippen molar-refractivity contribution in [2.75, 3.05) is 13.2 Å². The average Bonchev–Trinajstić information content (AvgIpc) is 2.98. The van der Waals surface area contributed by atoms with Crippen molar-refractivity contribution in [3.63, 3.8) is 0 Å². The molecule has 0 bridgehead atoms. The molecular weight excluding hydrogens is 261 g/mol. The van der Waals surface area contributed by atoms with Gasteiger partial charge in [-0.15, -0.1) is 0 Å². The van der Waals surface area contributed by atoms with Gasteiger partial charge in [0.15, 0.2) is 0 Å². The Bertz CT molecular complexity index is 498. The summed E-state index contributed by atoms with van der Waals surface area (Å²) in [6, 6.07) is 9.41. The molecule has 108 valence electrons. The molecule has 2 atom stereocenters. The molecule has 2 rings (SSSR count). The third kappa shape index (κ3) is 4.36. The maximum absolute atomic E-state index is 12.7. The van der Waals surface area contributed by atoms with Gasteiger partial charge in [-0.1, -0.05) is 0 Å². The molecule has 0 saturated carbocycles. The summed E-state index contributed by atoms with van der Waals surface area (Å²) < 4.78 is 23.3. The van der Waals surface area contributed by atoms with Crippen LogP contribution in [-0.2, 0) is 0 Å². The third-order valence-corrected chi connectivity index (χ3v) is 2.89. The molecule has 1 heterocycles.